The van der Waals surface area contributed by atoms with Gasteiger partial charge in [0, 0.05) is 18.3 Å². The summed E-state index contributed by atoms with van der Waals surface area (Å²) in [6.45, 7) is 6.21. The van der Waals surface area contributed by atoms with Crippen molar-refractivity contribution >= 4 is 17.7 Å². The highest BCUT2D eigenvalue weighted by atomic mass is 32.2. The van der Waals surface area contributed by atoms with Crippen LogP contribution in [0.15, 0.2) is 0 Å². The quantitative estimate of drug-likeness (QED) is 0.420. The molecule has 2 unspecified atom stereocenters. The number of hydrazine groups is 1. The van der Waals surface area contributed by atoms with Crippen LogP contribution in [-0.2, 0) is 4.79 Å². The molecule has 1 heterocycles. The predicted octanol–water partition coefficient (Wildman–Crippen LogP) is 0.440. The van der Waals surface area contributed by atoms with Crippen molar-refractivity contribution in [1.82, 2.24) is 10.3 Å². The molecule has 3 N–H and O–H groups in total. The van der Waals surface area contributed by atoms with Crippen molar-refractivity contribution in [3.05, 3.63) is 0 Å². The molecule has 4 nitrogen and oxygen atoms in total. The van der Waals surface area contributed by atoms with E-state index < -0.39 is 0 Å². The molecule has 1 fully saturated rings. The monoisotopic (exact) mass is 231 g/mol. The standard InChI is InChI=1S/C10H21N3OS/c1-8(10(14)12-11)9(2)13-4-3-6-15-7-5-13/h8-9H,3-7,11H2,1-2H3,(H,12,14). The van der Waals surface area contributed by atoms with Crippen LogP contribution in [0.5, 0.6) is 0 Å². The van der Waals surface area contributed by atoms with Crippen LogP contribution < -0.4 is 11.3 Å². The van der Waals surface area contributed by atoms with Gasteiger partial charge in [0.25, 0.3) is 0 Å². The average Bonchev–Trinajstić information content (AvgIpc) is 2.54. The zero-order valence-electron chi connectivity index (χ0n) is 9.53. The Labute approximate surface area is 95.9 Å². The minimum Gasteiger partial charge on any atom is -0.299 e. The maximum atomic E-state index is 11.4. The molecule has 0 aliphatic carbocycles. The second kappa shape index (κ2) is 6.35. The molecular weight excluding hydrogens is 210 g/mol. The fourth-order valence-electron chi connectivity index (χ4n) is 1.84. The average molecular weight is 231 g/mol. The van der Waals surface area contributed by atoms with Gasteiger partial charge in [-0.2, -0.15) is 11.8 Å². The maximum Gasteiger partial charge on any atom is 0.238 e. The minimum atomic E-state index is -0.0700. The fourth-order valence-corrected chi connectivity index (χ4v) is 2.74. The van der Waals surface area contributed by atoms with Crippen molar-refractivity contribution in [2.45, 2.75) is 26.3 Å². The number of nitrogens with two attached hydrogens (primary N) is 1. The number of rotatable bonds is 3. The smallest absolute Gasteiger partial charge is 0.238 e. The first-order chi connectivity index (χ1) is 7.16. The Morgan fingerprint density at radius 3 is 2.80 bits per heavy atom. The van der Waals surface area contributed by atoms with E-state index in [0.29, 0.717) is 0 Å². The van der Waals surface area contributed by atoms with Crippen molar-refractivity contribution in [2.24, 2.45) is 11.8 Å². The second-order valence-corrected chi connectivity index (χ2v) is 5.26. The topological polar surface area (TPSA) is 58.4 Å². The molecule has 0 spiro atoms. The molecule has 1 aliphatic rings. The third-order valence-electron chi connectivity index (χ3n) is 3.11. The Morgan fingerprint density at radius 1 is 1.40 bits per heavy atom. The highest BCUT2D eigenvalue weighted by molar-refractivity contribution is 7.99. The SMILES string of the molecule is CC(C(=O)NN)C(C)N1CCCSCC1. The van der Waals surface area contributed by atoms with Crippen LogP contribution in [0.2, 0.25) is 0 Å². The molecule has 1 rings (SSSR count). The number of nitrogens with zero attached hydrogens (tertiary/aromatic N) is 1. The lowest BCUT2D eigenvalue weighted by Gasteiger charge is -2.30. The van der Waals surface area contributed by atoms with E-state index in [1.807, 2.05) is 18.7 Å². The second-order valence-electron chi connectivity index (χ2n) is 4.04. The summed E-state index contributed by atoms with van der Waals surface area (Å²) in [7, 11) is 0. The van der Waals surface area contributed by atoms with Gasteiger partial charge < -0.3 is 0 Å². The summed E-state index contributed by atoms with van der Waals surface area (Å²) in [5, 5.41) is 0. The predicted molar refractivity (Wildman–Crippen MR) is 64.5 cm³/mol. The largest absolute Gasteiger partial charge is 0.299 e. The first kappa shape index (κ1) is 12.8. The van der Waals surface area contributed by atoms with Gasteiger partial charge in [-0.3, -0.25) is 15.1 Å². The van der Waals surface area contributed by atoms with Gasteiger partial charge >= 0.3 is 0 Å². The van der Waals surface area contributed by atoms with Gasteiger partial charge in [0.2, 0.25) is 5.91 Å². The molecule has 0 bridgehead atoms. The van der Waals surface area contributed by atoms with Gasteiger partial charge in [-0.25, -0.2) is 5.84 Å². The summed E-state index contributed by atoms with van der Waals surface area (Å²) in [5.74, 6) is 7.44. The van der Waals surface area contributed by atoms with Gasteiger partial charge in [-0.15, -0.1) is 0 Å². The van der Waals surface area contributed by atoms with Crippen LogP contribution in [0.3, 0.4) is 0 Å². The van der Waals surface area contributed by atoms with E-state index in [1.54, 1.807) is 0 Å². The van der Waals surface area contributed by atoms with E-state index in [0.717, 1.165) is 13.1 Å². The zero-order chi connectivity index (χ0) is 11.3. The summed E-state index contributed by atoms with van der Waals surface area (Å²) in [5.41, 5.74) is 2.23. The van der Waals surface area contributed by atoms with Crippen molar-refractivity contribution in [3.63, 3.8) is 0 Å². The van der Waals surface area contributed by atoms with Gasteiger partial charge in [0.1, 0.15) is 0 Å². The van der Waals surface area contributed by atoms with Gasteiger partial charge in [0.05, 0.1) is 5.92 Å². The van der Waals surface area contributed by atoms with E-state index in [1.165, 1.54) is 17.9 Å². The van der Waals surface area contributed by atoms with Gasteiger partial charge in [-0.05, 0) is 25.6 Å². The Bertz CT molecular complexity index is 205. The number of hydrogen-bond acceptors (Lipinski definition) is 4. The summed E-state index contributed by atoms with van der Waals surface area (Å²) >= 11 is 2.00. The Hall–Kier alpha value is -0.260. The van der Waals surface area contributed by atoms with Crippen LogP contribution in [0.1, 0.15) is 20.3 Å². The van der Waals surface area contributed by atoms with Crippen LogP contribution in [0.25, 0.3) is 0 Å². The number of amides is 1. The highest BCUT2D eigenvalue weighted by Crippen LogP contribution is 2.16. The number of hydrogen-bond donors (Lipinski definition) is 2. The fraction of sp³-hybridized carbons (Fsp3) is 0.900. The molecule has 1 aliphatic heterocycles. The molecule has 0 radical (unpaired) electrons. The molecule has 88 valence electrons. The number of carbonyl (C=O) groups is 1. The molecular formula is C10H21N3OS. The summed E-state index contributed by atoms with van der Waals surface area (Å²) in [6, 6.07) is 0.271. The van der Waals surface area contributed by atoms with Crippen LogP contribution >= 0.6 is 11.8 Å². The third-order valence-corrected chi connectivity index (χ3v) is 4.16. The molecule has 0 aromatic heterocycles. The Morgan fingerprint density at radius 2 is 2.13 bits per heavy atom. The van der Waals surface area contributed by atoms with E-state index in [9.17, 15) is 4.79 Å². The molecule has 1 amide bonds. The van der Waals surface area contributed by atoms with Crippen LogP contribution in [0, 0.1) is 5.92 Å². The van der Waals surface area contributed by atoms with E-state index in [-0.39, 0.29) is 17.9 Å². The number of nitrogens with one attached hydrogen (secondary N) is 1. The van der Waals surface area contributed by atoms with Crippen molar-refractivity contribution in [2.75, 3.05) is 24.6 Å². The highest BCUT2D eigenvalue weighted by Gasteiger charge is 2.25. The molecule has 1 saturated heterocycles. The van der Waals surface area contributed by atoms with E-state index in [4.69, 9.17) is 5.84 Å². The van der Waals surface area contributed by atoms with Crippen molar-refractivity contribution in [1.29, 1.82) is 0 Å². The number of thioether (sulfide) groups is 1. The number of carbonyl (C=O) groups excluding carboxylic acids is 1. The molecule has 0 saturated carbocycles. The zero-order valence-corrected chi connectivity index (χ0v) is 10.3. The van der Waals surface area contributed by atoms with E-state index >= 15 is 0 Å². The first-order valence-electron chi connectivity index (χ1n) is 5.49. The first-order valence-corrected chi connectivity index (χ1v) is 6.64. The lowest BCUT2D eigenvalue weighted by atomic mass is 10.0. The summed E-state index contributed by atoms with van der Waals surface area (Å²) < 4.78 is 0. The normalized spacial score (nSPS) is 22.9. The third kappa shape index (κ3) is 3.66. The molecule has 0 aromatic carbocycles. The van der Waals surface area contributed by atoms with Crippen molar-refractivity contribution < 1.29 is 4.79 Å². The molecule has 15 heavy (non-hydrogen) atoms. The van der Waals surface area contributed by atoms with Crippen LogP contribution in [-0.4, -0.2) is 41.4 Å². The van der Waals surface area contributed by atoms with E-state index in [2.05, 4.69) is 17.2 Å². The molecule has 2 atom stereocenters. The molecule has 5 heteroatoms. The van der Waals surface area contributed by atoms with Crippen LogP contribution in [0.4, 0.5) is 0 Å². The summed E-state index contributed by atoms with van der Waals surface area (Å²) in [4.78, 5) is 13.8. The summed E-state index contributed by atoms with van der Waals surface area (Å²) in [6.07, 6.45) is 1.21. The minimum absolute atomic E-state index is 0.0434. The Kier molecular flexibility index (Phi) is 5.42. The maximum absolute atomic E-state index is 11.4. The van der Waals surface area contributed by atoms with Gasteiger partial charge in [0.15, 0.2) is 0 Å². The lowest BCUT2D eigenvalue weighted by molar-refractivity contribution is -0.126. The lowest BCUT2D eigenvalue weighted by Crippen LogP contribution is -2.46. The van der Waals surface area contributed by atoms with Gasteiger partial charge in [-0.1, -0.05) is 6.92 Å². The Balaban J connectivity index is 2.49. The molecule has 0 aromatic rings. The van der Waals surface area contributed by atoms with Crippen molar-refractivity contribution in [3.8, 4) is 0 Å².